The van der Waals surface area contributed by atoms with E-state index in [1.165, 1.54) is 21.4 Å². The smallest absolute Gasteiger partial charge is 0.263 e. The molecule has 2 heterocycles. The fourth-order valence-electron chi connectivity index (χ4n) is 2.58. The summed E-state index contributed by atoms with van der Waals surface area (Å²) in [7, 11) is 0. The van der Waals surface area contributed by atoms with Crippen LogP contribution < -0.4 is 5.56 Å². The highest BCUT2D eigenvalue weighted by atomic mass is 32.1. The van der Waals surface area contributed by atoms with Crippen molar-refractivity contribution in [2.24, 2.45) is 0 Å². The minimum Gasteiger partial charge on any atom is -0.395 e. The van der Waals surface area contributed by atoms with Crippen molar-refractivity contribution < 1.29 is 5.11 Å². The maximum Gasteiger partial charge on any atom is 0.263 e. The Morgan fingerprint density at radius 3 is 2.94 bits per heavy atom. The number of hydrogen-bond donors (Lipinski definition) is 2. The molecule has 1 aliphatic rings. The van der Waals surface area contributed by atoms with Gasteiger partial charge in [-0.05, 0) is 43.5 Å². The van der Waals surface area contributed by atoms with Gasteiger partial charge in [0, 0.05) is 4.88 Å². The van der Waals surface area contributed by atoms with Crippen LogP contribution in [0.25, 0.3) is 10.2 Å². The zero-order valence-electron chi connectivity index (χ0n) is 9.86. The molecule has 0 unspecified atom stereocenters. The highest BCUT2D eigenvalue weighted by molar-refractivity contribution is 7.71. The third-order valence-electron chi connectivity index (χ3n) is 3.42. The molecule has 0 saturated carbocycles. The number of aryl methyl sites for hydroxylation is 2. The number of H-pyrrole nitrogens is 1. The Labute approximate surface area is 113 Å². The van der Waals surface area contributed by atoms with Gasteiger partial charge < -0.3 is 10.1 Å². The average Bonchev–Trinajstić information content (AvgIpc) is 2.72. The maximum absolute atomic E-state index is 12.4. The van der Waals surface area contributed by atoms with Gasteiger partial charge >= 0.3 is 0 Å². The van der Waals surface area contributed by atoms with E-state index in [0.29, 0.717) is 4.77 Å². The summed E-state index contributed by atoms with van der Waals surface area (Å²) >= 11 is 6.83. The van der Waals surface area contributed by atoms with Crippen molar-refractivity contribution in [1.82, 2.24) is 9.55 Å². The molecule has 0 spiro atoms. The molecule has 0 aromatic carbocycles. The minimum absolute atomic E-state index is 0.0535. The Bertz CT molecular complexity index is 711. The molecule has 3 rings (SSSR count). The summed E-state index contributed by atoms with van der Waals surface area (Å²) in [6.07, 6.45) is 4.39. The highest BCUT2D eigenvalue weighted by Gasteiger charge is 2.19. The largest absolute Gasteiger partial charge is 0.395 e. The van der Waals surface area contributed by atoms with Crippen LogP contribution in [-0.2, 0) is 19.4 Å². The zero-order chi connectivity index (χ0) is 12.7. The summed E-state index contributed by atoms with van der Waals surface area (Å²) in [5, 5.41) is 9.80. The number of aromatic amines is 1. The lowest BCUT2D eigenvalue weighted by molar-refractivity contribution is 0.273. The molecule has 0 amide bonds. The van der Waals surface area contributed by atoms with Crippen LogP contribution in [0.15, 0.2) is 4.79 Å². The fourth-order valence-corrected chi connectivity index (χ4v) is 4.20. The van der Waals surface area contributed by atoms with Gasteiger partial charge in [0.15, 0.2) is 4.77 Å². The Morgan fingerprint density at radius 2 is 2.17 bits per heavy atom. The van der Waals surface area contributed by atoms with Gasteiger partial charge in [0.1, 0.15) is 4.83 Å². The molecule has 0 bridgehead atoms. The lowest BCUT2D eigenvalue weighted by Crippen LogP contribution is -2.24. The lowest BCUT2D eigenvalue weighted by atomic mass is 9.97. The molecule has 4 nitrogen and oxygen atoms in total. The number of nitrogens with zero attached hydrogens (tertiary/aromatic N) is 1. The molecule has 96 valence electrons. The summed E-state index contributed by atoms with van der Waals surface area (Å²) in [5.41, 5.74) is 1.14. The first kappa shape index (κ1) is 12.1. The Morgan fingerprint density at radius 1 is 1.39 bits per heavy atom. The molecular formula is C12H14N2O2S2. The van der Waals surface area contributed by atoms with E-state index >= 15 is 0 Å². The number of nitrogens with one attached hydrogen (secondary N) is 1. The Hall–Kier alpha value is -0.980. The summed E-state index contributed by atoms with van der Waals surface area (Å²) in [6.45, 7) is 0.184. The molecule has 18 heavy (non-hydrogen) atoms. The summed E-state index contributed by atoms with van der Waals surface area (Å²) < 4.78 is 1.86. The number of thiophene rings is 1. The van der Waals surface area contributed by atoms with Crippen LogP contribution in [0.3, 0.4) is 0 Å². The van der Waals surface area contributed by atoms with Crippen LogP contribution in [0, 0.1) is 4.77 Å². The number of aliphatic hydroxyl groups is 1. The molecule has 0 radical (unpaired) electrons. The number of aliphatic hydroxyl groups excluding tert-OH is 1. The molecule has 2 aromatic rings. The van der Waals surface area contributed by atoms with Crippen molar-refractivity contribution in [3.63, 3.8) is 0 Å². The molecular weight excluding hydrogens is 268 g/mol. The number of aromatic nitrogens is 2. The maximum atomic E-state index is 12.4. The second kappa shape index (κ2) is 4.60. The van der Waals surface area contributed by atoms with Crippen molar-refractivity contribution in [1.29, 1.82) is 0 Å². The van der Waals surface area contributed by atoms with Crippen LogP contribution in [0.4, 0.5) is 0 Å². The molecule has 2 N–H and O–H groups in total. The SMILES string of the molecule is O=c1c2c3c(sc2[nH]c(=S)n1CCO)CCCC3. The quantitative estimate of drug-likeness (QED) is 0.828. The van der Waals surface area contributed by atoms with Gasteiger partial charge in [0.25, 0.3) is 5.56 Å². The van der Waals surface area contributed by atoms with Crippen LogP contribution in [-0.4, -0.2) is 21.3 Å². The van der Waals surface area contributed by atoms with Crippen molar-refractivity contribution in [3.8, 4) is 0 Å². The minimum atomic E-state index is -0.0742. The van der Waals surface area contributed by atoms with E-state index in [9.17, 15) is 4.79 Å². The van der Waals surface area contributed by atoms with E-state index in [0.717, 1.165) is 29.5 Å². The van der Waals surface area contributed by atoms with Gasteiger partial charge in [-0.25, -0.2) is 0 Å². The summed E-state index contributed by atoms with van der Waals surface area (Å²) in [4.78, 5) is 17.8. The number of rotatable bonds is 2. The third-order valence-corrected chi connectivity index (χ3v) is 4.95. The van der Waals surface area contributed by atoms with Crippen LogP contribution in [0.5, 0.6) is 0 Å². The van der Waals surface area contributed by atoms with Crippen molar-refractivity contribution in [2.75, 3.05) is 6.61 Å². The molecule has 1 aliphatic carbocycles. The Kier molecular flexibility index (Phi) is 3.09. The zero-order valence-corrected chi connectivity index (χ0v) is 11.5. The van der Waals surface area contributed by atoms with Crippen LogP contribution in [0.2, 0.25) is 0 Å². The normalized spacial score (nSPS) is 14.9. The van der Waals surface area contributed by atoms with Gasteiger partial charge in [-0.1, -0.05) is 0 Å². The van der Waals surface area contributed by atoms with Gasteiger partial charge in [-0.3, -0.25) is 9.36 Å². The molecule has 0 atom stereocenters. The monoisotopic (exact) mass is 282 g/mol. The van der Waals surface area contributed by atoms with E-state index in [1.54, 1.807) is 11.3 Å². The van der Waals surface area contributed by atoms with Gasteiger partial charge in [-0.15, -0.1) is 11.3 Å². The van der Waals surface area contributed by atoms with Gasteiger partial charge in [-0.2, -0.15) is 0 Å². The van der Waals surface area contributed by atoms with E-state index in [2.05, 4.69) is 4.98 Å². The first-order valence-electron chi connectivity index (χ1n) is 6.10. The second-order valence-electron chi connectivity index (χ2n) is 4.53. The highest BCUT2D eigenvalue weighted by Crippen LogP contribution is 2.33. The van der Waals surface area contributed by atoms with E-state index in [4.69, 9.17) is 17.3 Å². The second-order valence-corrected chi connectivity index (χ2v) is 6.02. The van der Waals surface area contributed by atoms with E-state index in [-0.39, 0.29) is 18.7 Å². The molecule has 2 aromatic heterocycles. The average molecular weight is 282 g/mol. The molecule has 6 heteroatoms. The topological polar surface area (TPSA) is 58.0 Å². The predicted octanol–water partition coefficient (Wildman–Crippen LogP) is 1.99. The number of fused-ring (bicyclic) bond motifs is 3. The fraction of sp³-hybridized carbons (Fsp3) is 0.500. The Balaban J connectivity index is 2.36. The third kappa shape index (κ3) is 1.75. The first-order valence-corrected chi connectivity index (χ1v) is 7.33. The number of hydrogen-bond acceptors (Lipinski definition) is 4. The predicted molar refractivity (Wildman–Crippen MR) is 75.0 cm³/mol. The molecule has 0 aliphatic heterocycles. The van der Waals surface area contributed by atoms with E-state index < -0.39 is 0 Å². The van der Waals surface area contributed by atoms with E-state index in [1.807, 2.05) is 0 Å². The standard InChI is InChI=1S/C12H14N2O2S2/c15-6-5-14-11(16)9-7-3-1-2-4-8(7)18-10(9)13-12(14)17/h15H,1-6H2,(H,13,17). The molecule has 0 fully saturated rings. The first-order chi connectivity index (χ1) is 8.72. The van der Waals surface area contributed by atoms with Crippen molar-refractivity contribution >= 4 is 33.8 Å². The van der Waals surface area contributed by atoms with Gasteiger partial charge in [0.2, 0.25) is 0 Å². The molecule has 0 saturated heterocycles. The summed E-state index contributed by atoms with van der Waals surface area (Å²) in [6, 6.07) is 0. The lowest BCUT2D eigenvalue weighted by Gasteiger charge is -2.10. The van der Waals surface area contributed by atoms with Crippen molar-refractivity contribution in [3.05, 3.63) is 25.6 Å². The van der Waals surface area contributed by atoms with Gasteiger partial charge in [0.05, 0.1) is 18.5 Å². The van der Waals surface area contributed by atoms with Crippen LogP contribution >= 0.6 is 23.6 Å². The van der Waals surface area contributed by atoms with Crippen molar-refractivity contribution in [2.45, 2.75) is 32.2 Å². The van der Waals surface area contributed by atoms with Crippen LogP contribution in [0.1, 0.15) is 23.3 Å². The summed E-state index contributed by atoms with van der Waals surface area (Å²) in [5.74, 6) is 0.